The lowest BCUT2D eigenvalue weighted by Gasteiger charge is -2.15. The maximum absolute atomic E-state index is 12.2. The Balaban J connectivity index is 1.64. The van der Waals surface area contributed by atoms with Gasteiger partial charge in [-0.05, 0) is 37.6 Å². The molecule has 3 N–H and O–H groups in total. The van der Waals surface area contributed by atoms with Crippen molar-refractivity contribution in [3.63, 3.8) is 0 Å². The minimum atomic E-state index is -0.988. The molecule has 2 aromatic rings. The molecule has 1 atom stereocenters. The van der Waals surface area contributed by atoms with Gasteiger partial charge in [0.1, 0.15) is 0 Å². The summed E-state index contributed by atoms with van der Waals surface area (Å²) in [7, 11) is 0. The molecule has 2 aromatic carbocycles. The van der Waals surface area contributed by atoms with Crippen molar-refractivity contribution in [3.8, 4) is 11.5 Å². The van der Waals surface area contributed by atoms with Crippen molar-refractivity contribution in [2.45, 2.75) is 20.0 Å². The summed E-state index contributed by atoms with van der Waals surface area (Å²) in [5.74, 6) is 0.0651. The molecule has 0 spiro atoms. The average Bonchev–Trinajstić information content (AvgIpc) is 3.04. The molecule has 0 aliphatic carbocycles. The van der Waals surface area contributed by atoms with E-state index in [9.17, 15) is 9.59 Å². The summed E-state index contributed by atoms with van der Waals surface area (Å²) in [6.45, 7) is 3.44. The number of rotatable bonds is 4. The van der Waals surface area contributed by atoms with Crippen LogP contribution in [0.3, 0.4) is 0 Å². The highest BCUT2D eigenvalue weighted by atomic mass is 16.7. The van der Waals surface area contributed by atoms with Gasteiger partial charge in [-0.25, -0.2) is 4.79 Å². The van der Waals surface area contributed by atoms with Crippen LogP contribution in [-0.4, -0.2) is 24.8 Å². The van der Waals surface area contributed by atoms with Gasteiger partial charge in [0.15, 0.2) is 17.6 Å². The molecule has 0 saturated heterocycles. The SMILES string of the molecule is Cc1cccc(C(=O)O[C@H](C)C(=O)Nc2ccc3c(c2)OCO3)c1N. The van der Waals surface area contributed by atoms with Gasteiger partial charge in [-0.15, -0.1) is 0 Å². The minimum absolute atomic E-state index is 0.151. The largest absolute Gasteiger partial charge is 0.454 e. The molecule has 7 heteroatoms. The molecule has 1 amide bonds. The molecule has 1 aliphatic heterocycles. The second kappa shape index (κ2) is 6.72. The van der Waals surface area contributed by atoms with Crippen molar-refractivity contribution >= 4 is 23.3 Å². The highest BCUT2D eigenvalue weighted by molar-refractivity contribution is 5.99. The number of ether oxygens (including phenoxy) is 3. The molecule has 0 unspecified atom stereocenters. The molecule has 0 fully saturated rings. The van der Waals surface area contributed by atoms with E-state index in [1.165, 1.54) is 6.92 Å². The summed E-state index contributed by atoms with van der Waals surface area (Å²) < 4.78 is 15.7. The minimum Gasteiger partial charge on any atom is -0.454 e. The topological polar surface area (TPSA) is 99.9 Å². The number of carbonyl (C=O) groups excluding carboxylic acids is 2. The maximum atomic E-state index is 12.2. The number of esters is 1. The fraction of sp³-hybridized carbons (Fsp3) is 0.222. The lowest BCUT2D eigenvalue weighted by atomic mass is 10.1. The zero-order valence-electron chi connectivity index (χ0n) is 13.9. The lowest BCUT2D eigenvalue weighted by Crippen LogP contribution is -2.30. The molecule has 1 heterocycles. The number of hydrogen-bond acceptors (Lipinski definition) is 6. The predicted molar refractivity (Wildman–Crippen MR) is 91.7 cm³/mol. The summed E-state index contributed by atoms with van der Waals surface area (Å²) in [6.07, 6.45) is -0.988. The summed E-state index contributed by atoms with van der Waals surface area (Å²) in [5.41, 5.74) is 7.76. The van der Waals surface area contributed by atoms with Gasteiger partial charge < -0.3 is 25.3 Å². The van der Waals surface area contributed by atoms with Gasteiger partial charge in [0.25, 0.3) is 5.91 Å². The van der Waals surface area contributed by atoms with E-state index in [0.717, 1.165) is 5.56 Å². The molecule has 7 nitrogen and oxygen atoms in total. The van der Waals surface area contributed by atoms with E-state index in [1.807, 2.05) is 0 Å². The van der Waals surface area contributed by atoms with Crippen molar-refractivity contribution in [2.75, 3.05) is 17.8 Å². The lowest BCUT2D eigenvalue weighted by molar-refractivity contribution is -0.123. The number of anilines is 2. The standard InChI is InChI=1S/C18H18N2O5/c1-10-4-3-5-13(16(10)19)18(22)25-11(2)17(21)20-12-6-7-14-15(8-12)24-9-23-14/h3-8,11H,9,19H2,1-2H3,(H,20,21)/t11-/m1/s1. The number of amides is 1. The Hall–Kier alpha value is -3.22. The Morgan fingerprint density at radius 3 is 2.76 bits per heavy atom. The zero-order chi connectivity index (χ0) is 18.0. The highest BCUT2D eigenvalue weighted by Crippen LogP contribution is 2.34. The molecule has 130 valence electrons. The molecular weight excluding hydrogens is 324 g/mol. The Morgan fingerprint density at radius 1 is 1.20 bits per heavy atom. The van der Waals surface area contributed by atoms with Gasteiger partial charge in [-0.2, -0.15) is 0 Å². The maximum Gasteiger partial charge on any atom is 0.341 e. The number of nitrogens with two attached hydrogens (primary N) is 1. The van der Waals surface area contributed by atoms with Crippen LogP contribution in [0.1, 0.15) is 22.8 Å². The molecule has 3 rings (SSSR count). The third kappa shape index (κ3) is 3.50. The van der Waals surface area contributed by atoms with Crippen molar-refractivity contribution in [1.82, 2.24) is 0 Å². The Bertz CT molecular complexity index is 834. The first-order valence-corrected chi connectivity index (χ1v) is 7.72. The normalized spacial score (nSPS) is 13.2. The molecule has 0 saturated carbocycles. The fourth-order valence-corrected chi connectivity index (χ4v) is 2.35. The number of nitrogens with one attached hydrogen (secondary N) is 1. The van der Waals surface area contributed by atoms with E-state index in [1.54, 1.807) is 43.3 Å². The Labute approximate surface area is 144 Å². The van der Waals surface area contributed by atoms with Gasteiger partial charge >= 0.3 is 5.97 Å². The van der Waals surface area contributed by atoms with Crippen LogP contribution in [0.4, 0.5) is 11.4 Å². The molecular formula is C18H18N2O5. The quantitative estimate of drug-likeness (QED) is 0.654. The number of fused-ring (bicyclic) bond motifs is 1. The van der Waals surface area contributed by atoms with Crippen molar-refractivity contribution in [3.05, 3.63) is 47.5 Å². The van der Waals surface area contributed by atoms with Crippen LogP contribution < -0.4 is 20.5 Å². The van der Waals surface area contributed by atoms with Crippen LogP contribution in [-0.2, 0) is 9.53 Å². The smallest absolute Gasteiger partial charge is 0.341 e. The molecule has 1 aliphatic rings. The van der Waals surface area contributed by atoms with Crippen molar-refractivity contribution in [1.29, 1.82) is 0 Å². The first kappa shape index (κ1) is 16.6. The van der Waals surface area contributed by atoms with Crippen LogP contribution in [0, 0.1) is 6.92 Å². The van der Waals surface area contributed by atoms with Crippen LogP contribution in [0.5, 0.6) is 11.5 Å². The van der Waals surface area contributed by atoms with E-state index in [4.69, 9.17) is 19.9 Å². The zero-order valence-corrected chi connectivity index (χ0v) is 13.9. The highest BCUT2D eigenvalue weighted by Gasteiger charge is 2.22. The van der Waals surface area contributed by atoms with Crippen LogP contribution in [0.15, 0.2) is 36.4 Å². The third-order valence-electron chi connectivity index (χ3n) is 3.84. The summed E-state index contributed by atoms with van der Waals surface area (Å²) >= 11 is 0. The van der Waals surface area contributed by atoms with Crippen LogP contribution in [0.25, 0.3) is 0 Å². The Morgan fingerprint density at radius 2 is 1.96 bits per heavy atom. The fourth-order valence-electron chi connectivity index (χ4n) is 2.35. The van der Waals surface area contributed by atoms with E-state index in [-0.39, 0.29) is 12.4 Å². The number of para-hydroxylation sites is 1. The van der Waals surface area contributed by atoms with Gasteiger partial charge in [-0.3, -0.25) is 4.79 Å². The first-order chi connectivity index (χ1) is 12.0. The molecule has 0 radical (unpaired) electrons. The second-order valence-corrected chi connectivity index (χ2v) is 5.64. The average molecular weight is 342 g/mol. The number of benzene rings is 2. The number of carbonyl (C=O) groups is 2. The van der Waals surface area contributed by atoms with Gasteiger partial charge in [0.2, 0.25) is 6.79 Å². The summed E-state index contributed by atoms with van der Waals surface area (Å²) in [6, 6.07) is 10.1. The molecule has 0 bridgehead atoms. The van der Waals surface area contributed by atoms with Crippen LogP contribution in [0.2, 0.25) is 0 Å². The number of aryl methyl sites for hydroxylation is 1. The second-order valence-electron chi connectivity index (χ2n) is 5.64. The van der Waals surface area contributed by atoms with Gasteiger partial charge in [0.05, 0.1) is 5.56 Å². The van der Waals surface area contributed by atoms with Gasteiger partial charge in [-0.1, -0.05) is 12.1 Å². The van der Waals surface area contributed by atoms with Crippen molar-refractivity contribution < 1.29 is 23.8 Å². The van der Waals surface area contributed by atoms with Crippen molar-refractivity contribution in [2.24, 2.45) is 0 Å². The van der Waals surface area contributed by atoms with E-state index >= 15 is 0 Å². The first-order valence-electron chi connectivity index (χ1n) is 7.72. The number of hydrogen-bond donors (Lipinski definition) is 2. The molecule has 25 heavy (non-hydrogen) atoms. The van der Waals surface area contributed by atoms with Gasteiger partial charge in [0, 0.05) is 17.4 Å². The van der Waals surface area contributed by atoms with Crippen LogP contribution >= 0.6 is 0 Å². The van der Waals surface area contributed by atoms with E-state index in [2.05, 4.69) is 5.32 Å². The van der Waals surface area contributed by atoms with E-state index < -0.39 is 18.0 Å². The van der Waals surface area contributed by atoms with E-state index in [0.29, 0.717) is 22.9 Å². The Kier molecular flexibility index (Phi) is 4.47. The molecule has 0 aromatic heterocycles. The summed E-state index contributed by atoms with van der Waals surface area (Å²) in [5, 5.41) is 2.67. The third-order valence-corrected chi connectivity index (χ3v) is 3.84. The number of nitrogen functional groups attached to an aromatic ring is 1. The monoisotopic (exact) mass is 342 g/mol. The summed E-state index contributed by atoms with van der Waals surface area (Å²) in [4.78, 5) is 24.5. The predicted octanol–water partition coefficient (Wildman–Crippen LogP) is 2.49.